The predicted octanol–water partition coefficient (Wildman–Crippen LogP) is 5.07. The highest BCUT2D eigenvalue weighted by Crippen LogP contribution is 2.28. The molecule has 0 saturated carbocycles. The van der Waals surface area contributed by atoms with Crippen LogP contribution in [-0.2, 0) is 11.3 Å². The Morgan fingerprint density at radius 1 is 1.02 bits per heavy atom. The third-order valence-corrected chi connectivity index (χ3v) is 7.90. The molecule has 2 unspecified atom stereocenters. The number of anilines is 1. The molecule has 1 saturated heterocycles. The lowest BCUT2D eigenvalue weighted by molar-refractivity contribution is -0.128. The SMILES string of the molecule is C=CC(=O)N1CCN(C(CC)c2ccc(C(C)Nc3ncc4ccc(=O)n(Cc5c(F)cccc5F)c4n3)cc2)CC1. The Morgan fingerprint density at radius 2 is 1.69 bits per heavy atom. The van der Waals surface area contributed by atoms with Crippen molar-refractivity contribution in [1.82, 2.24) is 24.3 Å². The van der Waals surface area contributed by atoms with Gasteiger partial charge in [-0.2, -0.15) is 4.98 Å². The van der Waals surface area contributed by atoms with Gasteiger partial charge in [0.1, 0.15) is 17.3 Å². The van der Waals surface area contributed by atoms with E-state index in [0.717, 1.165) is 25.1 Å². The van der Waals surface area contributed by atoms with E-state index in [-0.39, 0.29) is 35.7 Å². The molecule has 218 valence electrons. The second-order valence-corrected chi connectivity index (χ2v) is 10.5. The molecule has 2 aromatic carbocycles. The molecule has 8 nitrogen and oxygen atoms in total. The Kier molecular flexibility index (Phi) is 8.72. The van der Waals surface area contributed by atoms with Crippen LogP contribution in [0.25, 0.3) is 11.0 Å². The van der Waals surface area contributed by atoms with Gasteiger partial charge in [0.2, 0.25) is 11.9 Å². The fraction of sp³-hybridized carbons (Fsp3) is 0.312. The van der Waals surface area contributed by atoms with Crippen molar-refractivity contribution in [3.63, 3.8) is 0 Å². The number of carbonyl (C=O) groups excluding carboxylic acids is 1. The maximum Gasteiger partial charge on any atom is 0.252 e. The third kappa shape index (κ3) is 6.08. The van der Waals surface area contributed by atoms with E-state index in [9.17, 15) is 18.4 Å². The van der Waals surface area contributed by atoms with Gasteiger partial charge in [0.25, 0.3) is 5.56 Å². The standard InChI is InChI=1S/C32H34F2N6O2/c1-4-28(38-15-17-39(18-16-38)29(41)5-2)23-11-9-22(10-12-23)21(3)36-32-35-19-24-13-14-30(42)40(31(24)37-32)20-25-26(33)7-6-8-27(25)34/h5-14,19,21,28H,2,4,15-18,20H2,1,3H3,(H,35,36,37). The summed E-state index contributed by atoms with van der Waals surface area (Å²) in [6, 6.07) is 15.1. The number of nitrogens with one attached hydrogen (secondary N) is 1. The van der Waals surface area contributed by atoms with Crippen molar-refractivity contribution in [2.24, 2.45) is 0 Å². The zero-order valence-electron chi connectivity index (χ0n) is 23.8. The van der Waals surface area contributed by atoms with Gasteiger partial charge in [-0.25, -0.2) is 13.8 Å². The molecule has 1 amide bonds. The Hall–Kier alpha value is -4.44. The van der Waals surface area contributed by atoms with Crippen molar-refractivity contribution in [3.8, 4) is 0 Å². The lowest BCUT2D eigenvalue weighted by atomic mass is 9.98. The minimum atomic E-state index is -0.723. The number of pyridine rings is 1. The van der Waals surface area contributed by atoms with E-state index in [0.29, 0.717) is 24.4 Å². The zero-order valence-corrected chi connectivity index (χ0v) is 23.8. The van der Waals surface area contributed by atoms with Gasteiger partial charge < -0.3 is 10.2 Å². The van der Waals surface area contributed by atoms with Gasteiger partial charge in [0, 0.05) is 55.4 Å². The Bertz CT molecular complexity index is 1630. The largest absolute Gasteiger partial charge is 0.348 e. The molecular formula is C32H34F2N6O2. The minimum Gasteiger partial charge on any atom is -0.348 e. The van der Waals surface area contributed by atoms with E-state index in [1.54, 1.807) is 12.3 Å². The summed E-state index contributed by atoms with van der Waals surface area (Å²) < 4.78 is 30.0. The van der Waals surface area contributed by atoms with E-state index < -0.39 is 17.2 Å². The van der Waals surface area contributed by atoms with Crippen LogP contribution in [0, 0.1) is 11.6 Å². The summed E-state index contributed by atoms with van der Waals surface area (Å²) in [5, 5.41) is 3.87. The molecule has 1 fully saturated rings. The second-order valence-electron chi connectivity index (χ2n) is 10.5. The first-order valence-corrected chi connectivity index (χ1v) is 14.1. The van der Waals surface area contributed by atoms with E-state index in [1.165, 1.54) is 40.5 Å². The molecule has 0 bridgehead atoms. The van der Waals surface area contributed by atoms with Gasteiger partial charge >= 0.3 is 0 Å². The van der Waals surface area contributed by atoms with Gasteiger partial charge in [-0.1, -0.05) is 43.8 Å². The van der Waals surface area contributed by atoms with Crippen LogP contribution in [0.5, 0.6) is 0 Å². The number of fused-ring (bicyclic) bond motifs is 1. The van der Waals surface area contributed by atoms with Crippen molar-refractivity contribution in [3.05, 3.63) is 112 Å². The summed E-state index contributed by atoms with van der Waals surface area (Å²) in [4.78, 5) is 37.9. The molecule has 0 spiro atoms. The lowest BCUT2D eigenvalue weighted by Gasteiger charge is -2.39. The number of amides is 1. The van der Waals surface area contributed by atoms with Crippen LogP contribution in [0.1, 0.15) is 49.0 Å². The maximum absolute atomic E-state index is 14.4. The number of halogens is 2. The fourth-order valence-corrected chi connectivity index (χ4v) is 5.51. The van der Waals surface area contributed by atoms with Crippen molar-refractivity contribution in [2.75, 3.05) is 31.5 Å². The van der Waals surface area contributed by atoms with Gasteiger partial charge in [0.05, 0.1) is 12.6 Å². The molecule has 1 N–H and O–H groups in total. The van der Waals surface area contributed by atoms with E-state index >= 15 is 0 Å². The third-order valence-electron chi connectivity index (χ3n) is 7.90. The monoisotopic (exact) mass is 572 g/mol. The maximum atomic E-state index is 14.4. The molecule has 2 aromatic heterocycles. The number of rotatable bonds is 9. The van der Waals surface area contributed by atoms with E-state index in [4.69, 9.17) is 0 Å². The highest BCUT2D eigenvalue weighted by molar-refractivity contribution is 5.87. The minimum absolute atomic E-state index is 0.0220. The summed E-state index contributed by atoms with van der Waals surface area (Å²) in [5.41, 5.74) is 1.90. The molecule has 1 aliphatic heterocycles. The van der Waals surface area contributed by atoms with Crippen LogP contribution in [0.4, 0.5) is 14.7 Å². The molecule has 2 atom stereocenters. The molecule has 42 heavy (non-hydrogen) atoms. The molecule has 5 rings (SSSR count). The topological polar surface area (TPSA) is 83.4 Å². The quantitative estimate of drug-likeness (QED) is 0.282. The summed E-state index contributed by atoms with van der Waals surface area (Å²) >= 11 is 0. The molecule has 1 aliphatic rings. The van der Waals surface area contributed by atoms with Crippen LogP contribution >= 0.6 is 0 Å². The number of aromatic nitrogens is 3. The van der Waals surface area contributed by atoms with Gasteiger partial charge in [-0.15, -0.1) is 0 Å². The molecule has 4 aromatic rings. The summed E-state index contributed by atoms with van der Waals surface area (Å²) in [6.07, 6.45) is 3.91. The Morgan fingerprint density at radius 3 is 2.33 bits per heavy atom. The van der Waals surface area contributed by atoms with Crippen LogP contribution in [-0.4, -0.2) is 56.4 Å². The lowest BCUT2D eigenvalue weighted by Crippen LogP contribution is -2.49. The van der Waals surface area contributed by atoms with Gasteiger partial charge in [0.15, 0.2) is 0 Å². The molecule has 0 radical (unpaired) electrons. The summed E-state index contributed by atoms with van der Waals surface area (Å²) in [7, 11) is 0. The molecule has 0 aliphatic carbocycles. The Labute approximate surface area is 243 Å². The van der Waals surface area contributed by atoms with Crippen molar-refractivity contribution >= 4 is 22.9 Å². The number of benzene rings is 2. The van der Waals surface area contributed by atoms with Crippen molar-refractivity contribution in [1.29, 1.82) is 0 Å². The number of carbonyl (C=O) groups is 1. The first kappa shape index (κ1) is 29.1. The molecule has 3 heterocycles. The van der Waals surface area contributed by atoms with Crippen LogP contribution in [0.2, 0.25) is 0 Å². The van der Waals surface area contributed by atoms with Crippen molar-refractivity contribution in [2.45, 2.75) is 38.9 Å². The number of hydrogen-bond acceptors (Lipinski definition) is 6. The fourth-order valence-electron chi connectivity index (χ4n) is 5.51. The first-order chi connectivity index (χ1) is 20.3. The van der Waals surface area contributed by atoms with Crippen LogP contribution in [0.15, 0.2) is 78.2 Å². The average Bonchev–Trinajstić information content (AvgIpc) is 3.00. The summed E-state index contributed by atoms with van der Waals surface area (Å²) in [6.45, 7) is 10.5. The normalized spacial score (nSPS) is 15.4. The van der Waals surface area contributed by atoms with Gasteiger partial charge in [-0.05, 0) is 48.7 Å². The highest BCUT2D eigenvalue weighted by Gasteiger charge is 2.25. The molecular weight excluding hydrogens is 538 g/mol. The zero-order chi connectivity index (χ0) is 29.8. The van der Waals surface area contributed by atoms with Gasteiger partial charge in [-0.3, -0.25) is 19.1 Å². The number of hydrogen-bond donors (Lipinski definition) is 1. The van der Waals surface area contributed by atoms with Crippen LogP contribution in [0.3, 0.4) is 0 Å². The first-order valence-electron chi connectivity index (χ1n) is 14.1. The van der Waals surface area contributed by atoms with Crippen LogP contribution < -0.4 is 10.9 Å². The number of piperazine rings is 1. The smallest absolute Gasteiger partial charge is 0.252 e. The summed E-state index contributed by atoms with van der Waals surface area (Å²) in [5.74, 6) is -1.17. The second kappa shape index (κ2) is 12.6. The van der Waals surface area contributed by atoms with E-state index in [2.05, 4.69) is 58.0 Å². The Balaban J connectivity index is 1.32. The predicted molar refractivity (Wildman–Crippen MR) is 159 cm³/mol. The van der Waals surface area contributed by atoms with Crippen molar-refractivity contribution < 1.29 is 13.6 Å². The average molecular weight is 573 g/mol. The highest BCUT2D eigenvalue weighted by atomic mass is 19.1. The van der Waals surface area contributed by atoms with E-state index in [1.807, 2.05) is 11.8 Å². The number of nitrogens with zero attached hydrogens (tertiary/aromatic N) is 5. The molecule has 10 heteroatoms.